The maximum Gasteiger partial charge on any atom is 0.253 e. The van der Waals surface area contributed by atoms with E-state index >= 15 is 0 Å². The van der Waals surface area contributed by atoms with Crippen LogP contribution in [-0.4, -0.2) is 84.2 Å². The number of carbonyl (C=O) groups is 1. The predicted molar refractivity (Wildman–Crippen MR) is 92.6 cm³/mol. The summed E-state index contributed by atoms with van der Waals surface area (Å²) in [4.78, 5) is 18.8. The van der Waals surface area contributed by atoms with Crippen LogP contribution in [0.4, 0.5) is 0 Å². The molecule has 1 aromatic rings. The Morgan fingerprint density at radius 2 is 1.74 bits per heavy atom. The van der Waals surface area contributed by atoms with Crippen molar-refractivity contribution in [2.75, 3.05) is 52.4 Å². The van der Waals surface area contributed by atoms with Crippen LogP contribution in [0.5, 0.6) is 0 Å². The molecule has 23 heavy (non-hydrogen) atoms. The Morgan fingerprint density at radius 1 is 1.13 bits per heavy atom. The molecular formula is C18H29N3O2. The number of piperazine rings is 1. The van der Waals surface area contributed by atoms with Gasteiger partial charge in [0.15, 0.2) is 0 Å². The molecule has 1 amide bonds. The molecule has 2 rings (SSSR count). The Balaban J connectivity index is 1.76. The standard InChI is InChI=1S/C18H29N3O2/c1-3-19(4-2)14-17(22)15-20-10-12-21(13-11-20)18(23)16-8-6-5-7-9-16/h5-9,17,22H,3-4,10-15H2,1-2H3/t17-/m0/s1. The Bertz CT molecular complexity index is 468. The fourth-order valence-corrected chi connectivity index (χ4v) is 3.03. The van der Waals surface area contributed by atoms with Crippen molar-refractivity contribution in [2.24, 2.45) is 0 Å². The number of β-amino-alcohol motifs (C(OH)–C–C–N with tert-alkyl or cyclic N) is 1. The van der Waals surface area contributed by atoms with Gasteiger partial charge in [-0.25, -0.2) is 0 Å². The molecule has 0 unspecified atom stereocenters. The molecule has 5 nitrogen and oxygen atoms in total. The molecule has 5 heteroatoms. The van der Waals surface area contributed by atoms with Crippen LogP contribution < -0.4 is 0 Å². The lowest BCUT2D eigenvalue weighted by Gasteiger charge is -2.36. The van der Waals surface area contributed by atoms with Gasteiger partial charge >= 0.3 is 0 Å². The number of hydrogen-bond donors (Lipinski definition) is 1. The van der Waals surface area contributed by atoms with Crippen molar-refractivity contribution in [1.29, 1.82) is 0 Å². The minimum absolute atomic E-state index is 0.105. The fourth-order valence-electron chi connectivity index (χ4n) is 3.03. The predicted octanol–water partition coefficient (Wildman–Crippen LogP) is 1.15. The first-order valence-electron chi connectivity index (χ1n) is 8.61. The zero-order valence-electron chi connectivity index (χ0n) is 14.3. The first-order valence-corrected chi connectivity index (χ1v) is 8.61. The Morgan fingerprint density at radius 3 is 2.30 bits per heavy atom. The van der Waals surface area contributed by atoms with Crippen LogP contribution in [-0.2, 0) is 0 Å². The number of aliphatic hydroxyl groups excluding tert-OH is 1. The number of amides is 1. The van der Waals surface area contributed by atoms with Gasteiger partial charge in [-0.05, 0) is 25.2 Å². The zero-order chi connectivity index (χ0) is 16.7. The van der Waals surface area contributed by atoms with Crippen LogP contribution in [0.2, 0.25) is 0 Å². The minimum atomic E-state index is -0.328. The topological polar surface area (TPSA) is 47.0 Å². The highest BCUT2D eigenvalue weighted by Crippen LogP contribution is 2.09. The van der Waals surface area contributed by atoms with E-state index in [-0.39, 0.29) is 12.0 Å². The van der Waals surface area contributed by atoms with Crippen molar-refractivity contribution >= 4 is 5.91 Å². The molecule has 1 aromatic carbocycles. The van der Waals surface area contributed by atoms with Gasteiger partial charge in [0.25, 0.3) is 5.91 Å². The number of rotatable bonds is 7. The average molecular weight is 319 g/mol. The smallest absolute Gasteiger partial charge is 0.253 e. The third-order valence-corrected chi connectivity index (χ3v) is 4.51. The summed E-state index contributed by atoms with van der Waals surface area (Å²) in [6.07, 6.45) is -0.328. The highest BCUT2D eigenvalue weighted by atomic mass is 16.3. The van der Waals surface area contributed by atoms with Gasteiger partial charge in [-0.15, -0.1) is 0 Å². The molecule has 0 aromatic heterocycles. The molecule has 0 aliphatic carbocycles. The van der Waals surface area contributed by atoms with Crippen LogP contribution in [0.25, 0.3) is 0 Å². The largest absolute Gasteiger partial charge is 0.390 e. The quantitative estimate of drug-likeness (QED) is 0.819. The summed E-state index contributed by atoms with van der Waals surface area (Å²) in [5.41, 5.74) is 0.752. The summed E-state index contributed by atoms with van der Waals surface area (Å²) in [6, 6.07) is 9.44. The van der Waals surface area contributed by atoms with Crippen LogP contribution in [0.1, 0.15) is 24.2 Å². The Hall–Kier alpha value is -1.43. The van der Waals surface area contributed by atoms with Crippen molar-refractivity contribution in [3.05, 3.63) is 35.9 Å². The van der Waals surface area contributed by atoms with E-state index in [1.807, 2.05) is 35.2 Å². The second-order valence-corrected chi connectivity index (χ2v) is 6.10. The molecule has 1 aliphatic rings. The minimum Gasteiger partial charge on any atom is -0.390 e. The summed E-state index contributed by atoms with van der Waals surface area (Å²) in [5, 5.41) is 10.2. The molecule has 1 atom stereocenters. The van der Waals surface area contributed by atoms with E-state index in [0.29, 0.717) is 6.54 Å². The van der Waals surface area contributed by atoms with Crippen LogP contribution >= 0.6 is 0 Å². The lowest BCUT2D eigenvalue weighted by Crippen LogP contribution is -2.51. The summed E-state index contributed by atoms with van der Waals surface area (Å²) in [7, 11) is 0. The van der Waals surface area contributed by atoms with Crippen molar-refractivity contribution < 1.29 is 9.90 Å². The summed E-state index contributed by atoms with van der Waals surface area (Å²) < 4.78 is 0. The molecule has 1 fully saturated rings. The van der Waals surface area contributed by atoms with Gasteiger partial charge in [-0.3, -0.25) is 9.69 Å². The highest BCUT2D eigenvalue weighted by Gasteiger charge is 2.23. The highest BCUT2D eigenvalue weighted by molar-refractivity contribution is 5.94. The molecule has 0 saturated carbocycles. The zero-order valence-corrected chi connectivity index (χ0v) is 14.3. The second kappa shape index (κ2) is 9.01. The van der Waals surface area contributed by atoms with E-state index in [2.05, 4.69) is 23.6 Å². The molecule has 1 saturated heterocycles. The van der Waals surface area contributed by atoms with E-state index in [0.717, 1.165) is 51.4 Å². The van der Waals surface area contributed by atoms with Gasteiger partial charge in [0.2, 0.25) is 0 Å². The third-order valence-electron chi connectivity index (χ3n) is 4.51. The van der Waals surface area contributed by atoms with Crippen molar-refractivity contribution in [2.45, 2.75) is 20.0 Å². The van der Waals surface area contributed by atoms with Crippen LogP contribution in [0.15, 0.2) is 30.3 Å². The summed E-state index contributed by atoms with van der Waals surface area (Å²) in [6.45, 7) is 10.7. The van der Waals surface area contributed by atoms with Gasteiger partial charge in [0.1, 0.15) is 0 Å². The molecule has 0 bridgehead atoms. The molecule has 0 spiro atoms. The summed E-state index contributed by atoms with van der Waals surface area (Å²) >= 11 is 0. The number of aliphatic hydroxyl groups is 1. The number of likely N-dealkylation sites (N-methyl/N-ethyl adjacent to an activating group) is 1. The maximum atomic E-state index is 12.4. The van der Waals surface area contributed by atoms with Crippen LogP contribution in [0.3, 0.4) is 0 Å². The number of hydrogen-bond acceptors (Lipinski definition) is 4. The van der Waals surface area contributed by atoms with Gasteiger partial charge in [0.05, 0.1) is 6.10 Å². The number of nitrogens with zero attached hydrogens (tertiary/aromatic N) is 3. The molecule has 1 N–H and O–H groups in total. The van der Waals surface area contributed by atoms with E-state index in [1.54, 1.807) is 0 Å². The first-order chi connectivity index (χ1) is 11.1. The molecule has 1 aliphatic heterocycles. The lowest BCUT2D eigenvalue weighted by molar-refractivity contribution is 0.0444. The molecule has 0 radical (unpaired) electrons. The van der Waals surface area contributed by atoms with Crippen molar-refractivity contribution in [3.63, 3.8) is 0 Å². The van der Waals surface area contributed by atoms with Gasteiger partial charge in [0, 0.05) is 44.8 Å². The molecule has 1 heterocycles. The van der Waals surface area contributed by atoms with E-state index in [4.69, 9.17) is 0 Å². The molecular weight excluding hydrogens is 290 g/mol. The van der Waals surface area contributed by atoms with Crippen molar-refractivity contribution in [1.82, 2.24) is 14.7 Å². The Kier molecular flexibility index (Phi) is 7.02. The van der Waals surface area contributed by atoms with Gasteiger partial charge in [-0.2, -0.15) is 0 Å². The normalized spacial score (nSPS) is 17.5. The Labute approximate surface area is 139 Å². The lowest BCUT2D eigenvalue weighted by atomic mass is 10.2. The van der Waals surface area contributed by atoms with E-state index in [1.165, 1.54) is 0 Å². The first kappa shape index (κ1) is 17.9. The third kappa shape index (κ3) is 5.30. The van der Waals surface area contributed by atoms with Gasteiger partial charge in [-0.1, -0.05) is 32.0 Å². The SMILES string of the molecule is CCN(CC)C[C@H](O)CN1CCN(C(=O)c2ccccc2)CC1. The molecule has 128 valence electrons. The fraction of sp³-hybridized carbons (Fsp3) is 0.611. The van der Waals surface area contributed by atoms with E-state index in [9.17, 15) is 9.90 Å². The average Bonchev–Trinajstić information content (AvgIpc) is 2.60. The van der Waals surface area contributed by atoms with Crippen LogP contribution in [0, 0.1) is 0 Å². The number of carbonyl (C=O) groups excluding carboxylic acids is 1. The van der Waals surface area contributed by atoms with Gasteiger partial charge < -0.3 is 14.9 Å². The number of benzene rings is 1. The van der Waals surface area contributed by atoms with Crippen molar-refractivity contribution in [3.8, 4) is 0 Å². The maximum absolute atomic E-state index is 12.4. The second-order valence-electron chi connectivity index (χ2n) is 6.10. The summed E-state index contributed by atoms with van der Waals surface area (Å²) in [5.74, 6) is 0.105. The monoisotopic (exact) mass is 319 g/mol. The van der Waals surface area contributed by atoms with E-state index < -0.39 is 0 Å².